The monoisotopic (exact) mass is 531 g/mol. The largest absolute Gasteiger partial charge is 0.465 e. The van der Waals surface area contributed by atoms with Crippen LogP contribution in [-0.4, -0.2) is 69.3 Å². The van der Waals surface area contributed by atoms with Gasteiger partial charge in [0.25, 0.3) is 0 Å². The standard InChI is InChI=1S/C25H26FN3O5S2/c1-17-3-5-18(6-4-17)21-16-35-24(23(21)25(31)34-2)27-22(30)15-28-11-13-29(14-12-28)36(32,33)20-9-7-19(26)8-10-20/h3-10,16H,11-15H2,1-2H3,(H,27,30). The summed E-state index contributed by atoms with van der Waals surface area (Å²) in [6.07, 6.45) is 0. The Labute approximate surface area is 213 Å². The van der Waals surface area contributed by atoms with Crippen LogP contribution in [0.1, 0.15) is 15.9 Å². The number of thiophene rings is 1. The first-order chi connectivity index (χ1) is 17.2. The van der Waals surface area contributed by atoms with Gasteiger partial charge in [0.05, 0.1) is 18.6 Å². The molecule has 0 atom stereocenters. The molecule has 0 bridgehead atoms. The number of rotatable bonds is 7. The molecule has 1 amide bonds. The van der Waals surface area contributed by atoms with Gasteiger partial charge in [0, 0.05) is 37.1 Å². The van der Waals surface area contributed by atoms with Gasteiger partial charge in [-0.2, -0.15) is 4.31 Å². The van der Waals surface area contributed by atoms with Crippen molar-refractivity contribution < 1.29 is 27.1 Å². The molecule has 2 heterocycles. The van der Waals surface area contributed by atoms with Gasteiger partial charge in [0.2, 0.25) is 15.9 Å². The van der Waals surface area contributed by atoms with Crippen LogP contribution in [0.2, 0.25) is 0 Å². The van der Waals surface area contributed by atoms with Crippen LogP contribution in [0.15, 0.2) is 58.8 Å². The van der Waals surface area contributed by atoms with E-state index in [1.165, 1.54) is 34.9 Å². The van der Waals surface area contributed by atoms with Crippen molar-refractivity contribution in [3.63, 3.8) is 0 Å². The number of hydrogen-bond donors (Lipinski definition) is 1. The summed E-state index contributed by atoms with van der Waals surface area (Å²) in [5, 5.41) is 5.03. The first-order valence-corrected chi connectivity index (χ1v) is 13.6. The van der Waals surface area contributed by atoms with E-state index in [0.29, 0.717) is 29.2 Å². The van der Waals surface area contributed by atoms with E-state index >= 15 is 0 Å². The maximum absolute atomic E-state index is 13.2. The Morgan fingerprint density at radius 3 is 2.28 bits per heavy atom. The average molecular weight is 532 g/mol. The van der Waals surface area contributed by atoms with Gasteiger partial charge in [0.15, 0.2) is 0 Å². The molecule has 2 aromatic carbocycles. The van der Waals surface area contributed by atoms with Crippen molar-refractivity contribution in [2.75, 3.05) is 45.2 Å². The number of amides is 1. The first-order valence-electron chi connectivity index (χ1n) is 11.2. The number of carbonyl (C=O) groups excluding carboxylic acids is 2. The zero-order valence-electron chi connectivity index (χ0n) is 19.9. The molecule has 1 aromatic heterocycles. The van der Waals surface area contributed by atoms with E-state index in [-0.39, 0.29) is 30.4 Å². The van der Waals surface area contributed by atoms with Crippen LogP contribution in [-0.2, 0) is 19.6 Å². The number of piperazine rings is 1. The highest BCUT2D eigenvalue weighted by molar-refractivity contribution is 7.89. The summed E-state index contributed by atoms with van der Waals surface area (Å²) in [4.78, 5) is 27.2. The molecule has 0 unspecified atom stereocenters. The molecule has 1 aliphatic rings. The quantitative estimate of drug-likeness (QED) is 0.468. The number of ether oxygens (including phenoxy) is 1. The van der Waals surface area contributed by atoms with Gasteiger partial charge < -0.3 is 10.1 Å². The number of methoxy groups -OCH3 is 1. The van der Waals surface area contributed by atoms with Crippen molar-refractivity contribution in [2.24, 2.45) is 0 Å². The SMILES string of the molecule is COC(=O)c1c(-c2ccc(C)cc2)csc1NC(=O)CN1CCN(S(=O)(=O)c2ccc(F)cc2)CC1. The lowest BCUT2D eigenvalue weighted by Crippen LogP contribution is -2.50. The maximum Gasteiger partial charge on any atom is 0.341 e. The van der Waals surface area contributed by atoms with Crippen LogP contribution >= 0.6 is 11.3 Å². The molecule has 0 radical (unpaired) electrons. The van der Waals surface area contributed by atoms with E-state index in [9.17, 15) is 22.4 Å². The zero-order valence-corrected chi connectivity index (χ0v) is 21.5. The Balaban J connectivity index is 1.40. The van der Waals surface area contributed by atoms with Crippen LogP contribution < -0.4 is 5.32 Å². The summed E-state index contributed by atoms with van der Waals surface area (Å²) in [5.41, 5.74) is 2.92. The number of halogens is 1. The minimum Gasteiger partial charge on any atom is -0.465 e. The van der Waals surface area contributed by atoms with Crippen molar-refractivity contribution in [3.05, 3.63) is 70.9 Å². The summed E-state index contributed by atoms with van der Waals surface area (Å²) in [6.45, 7) is 3.15. The molecular weight excluding hydrogens is 505 g/mol. The van der Waals surface area contributed by atoms with Crippen molar-refractivity contribution >= 4 is 38.2 Å². The number of esters is 1. The molecule has 8 nitrogen and oxygen atoms in total. The lowest BCUT2D eigenvalue weighted by atomic mass is 10.0. The third-order valence-electron chi connectivity index (χ3n) is 5.95. The number of aryl methyl sites for hydroxylation is 1. The molecule has 190 valence electrons. The second kappa shape index (κ2) is 10.9. The van der Waals surface area contributed by atoms with E-state index in [1.54, 1.807) is 0 Å². The van der Waals surface area contributed by atoms with E-state index in [0.717, 1.165) is 23.3 Å². The van der Waals surface area contributed by atoms with Crippen LogP contribution in [0.4, 0.5) is 9.39 Å². The van der Waals surface area contributed by atoms with Gasteiger partial charge in [-0.05, 0) is 36.8 Å². The van der Waals surface area contributed by atoms with Gasteiger partial charge in [-0.3, -0.25) is 9.69 Å². The van der Waals surface area contributed by atoms with Crippen molar-refractivity contribution in [2.45, 2.75) is 11.8 Å². The summed E-state index contributed by atoms with van der Waals surface area (Å²) in [5.74, 6) is -1.36. The molecular formula is C25H26FN3O5S2. The van der Waals surface area contributed by atoms with Gasteiger partial charge in [-0.1, -0.05) is 29.8 Å². The number of sulfonamides is 1. The molecule has 0 aliphatic carbocycles. The minimum absolute atomic E-state index is 0.0347. The third kappa shape index (κ3) is 5.65. The van der Waals surface area contributed by atoms with Crippen molar-refractivity contribution in [1.82, 2.24) is 9.21 Å². The van der Waals surface area contributed by atoms with Crippen LogP contribution in [0.3, 0.4) is 0 Å². The molecule has 1 aliphatic heterocycles. The fourth-order valence-electron chi connectivity index (χ4n) is 3.95. The highest BCUT2D eigenvalue weighted by Gasteiger charge is 2.29. The molecule has 0 spiro atoms. The number of nitrogens with zero attached hydrogens (tertiary/aromatic N) is 2. The Kier molecular flexibility index (Phi) is 7.84. The zero-order chi connectivity index (χ0) is 25.9. The molecule has 36 heavy (non-hydrogen) atoms. The number of nitrogens with one attached hydrogen (secondary N) is 1. The number of carbonyl (C=O) groups is 2. The van der Waals surface area contributed by atoms with Gasteiger partial charge >= 0.3 is 5.97 Å². The normalized spacial score (nSPS) is 15.0. The Hall–Kier alpha value is -3.12. The van der Waals surface area contributed by atoms with Crippen LogP contribution in [0.25, 0.3) is 11.1 Å². The molecule has 0 saturated carbocycles. The highest BCUT2D eigenvalue weighted by atomic mass is 32.2. The molecule has 4 rings (SSSR count). The molecule has 3 aromatic rings. The number of hydrogen-bond acceptors (Lipinski definition) is 7. The Morgan fingerprint density at radius 1 is 1.03 bits per heavy atom. The smallest absolute Gasteiger partial charge is 0.341 e. The number of anilines is 1. The summed E-state index contributed by atoms with van der Waals surface area (Å²) < 4.78 is 45.1. The fourth-order valence-corrected chi connectivity index (χ4v) is 6.35. The topological polar surface area (TPSA) is 96.0 Å². The lowest BCUT2D eigenvalue weighted by molar-refractivity contribution is -0.117. The average Bonchev–Trinajstić information content (AvgIpc) is 3.27. The van der Waals surface area contributed by atoms with E-state index in [1.807, 2.05) is 41.5 Å². The van der Waals surface area contributed by atoms with E-state index in [4.69, 9.17) is 4.74 Å². The van der Waals surface area contributed by atoms with Gasteiger partial charge in [-0.15, -0.1) is 11.3 Å². The maximum atomic E-state index is 13.2. The predicted octanol–water partition coefficient (Wildman–Crippen LogP) is 3.59. The minimum atomic E-state index is -3.73. The van der Waals surface area contributed by atoms with Crippen LogP contribution in [0.5, 0.6) is 0 Å². The second-order valence-electron chi connectivity index (χ2n) is 8.39. The van der Waals surface area contributed by atoms with E-state index < -0.39 is 21.8 Å². The number of benzene rings is 2. The van der Waals surface area contributed by atoms with Gasteiger partial charge in [-0.25, -0.2) is 17.6 Å². The van der Waals surface area contributed by atoms with Crippen molar-refractivity contribution in [1.29, 1.82) is 0 Å². The predicted molar refractivity (Wildman–Crippen MR) is 136 cm³/mol. The Bertz CT molecular complexity index is 1350. The lowest BCUT2D eigenvalue weighted by Gasteiger charge is -2.33. The third-order valence-corrected chi connectivity index (χ3v) is 8.75. The first kappa shape index (κ1) is 26.0. The van der Waals surface area contributed by atoms with Crippen molar-refractivity contribution in [3.8, 4) is 11.1 Å². The molecule has 1 saturated heterocycles. The fraction of sp³-hybridized carbons (Fsp3) is 0.280. The van der Waals surface area contributed by atoms with Gasteiger partial charge in [0.1, 0.15) is 16.4 Å². The van der Waals surface area contributed by atoms with E-state index in [2.05, 4.69) is 5.32 Å². The Morgan fingerprint density at radius 2 is 1.67 bits per heavy atom. The molecule has 11 heteroatoms. The second-order valence-corrected chi connectivity index (χ2v) is 11.2. The molecule has 1 N–H and O–H groups in total. The highest BCUT2D eigenvalue weighted by Crippen LogP contribution is 2.36. The van der Waals surface area contributed by atoms with Crippen LogP contribution in [0, 0.1) is 12.7 Å². The molecule has 1 fully saturated rings. The summed E-state index contributed by atoms with van der Waals surface area (Å²) in [6, 6.07) is 12.4. The summed E-state index contributed by atoms with van der Waals surface area (Å²) >= 11 is 1.25. The summed E-state index contributed by atoms with van der Waals surface area (Å²) in [7, 11) is -2.44.